The van der Waals surface area contributed by atoms with Gasteiger partial charge in [0.05, 0.1) is 18.2 Å². The van der Waals surface area contributed by atoms with Crippen LogP contribution in [0.1, 0.15) is 54.2 Å². The molecule has 1 saturated heterocycles. The Morgan fingerprint density at radius 1 is 1.35 bits per heavy atom. The average molecular weight is 275 g/mol. The number of hydrogen-bond acceptors (Lipinski definition) is 3. The van der Waals surface area contributed by atoms with Gasteiger partial charge in [0.2, 0.25) is 0 Å². The number of ketones is 1. The van der Waals surface area contributed by atoms with E-state index in [2.05, 4.69) is 0 Å². The maximum Gasteiger partial charge on any atom is 0.261 e. The van der Waals surface area contributed by atoms with E-state index in [-0.39, 0.29) is 17.4 Å². The molecule has 2 heterocycles. The minimum Gasteiger partial charge on any atom is -0.376 e. The monoisotopic (exact) mass is 275 g/mol. The van der Waals surface area contributed by atoms with Crippen LogP contribution in [0.4, 0.5) is 0 Å². The highest BCUT2D eigenvalue weighted by Gasteiger charge is 2.23. The summed E-state index contributed by atoms with van der Waals surface area (Å²) in [5.74, 6) is -0.135. The summed E-state index contributed by atoms with van der Waals surface area (Å²) in [6, 6.07) is 1.82. The van der Waals surface area contributed by atoms with E-state index in [9.17, 15) is 9.59 Å². The molecular formula is C16H21NO3. The minimum atomic E-state index is -0.135. The van der Waals surface area contributed by atoms with Gasteiger partial charge in [0.25, 0.3) is 5.56 Å². The Hall–Kier alpha value is -1.42. The highest BCUT2D eigenvalue weighted by molar-refractivity contribution is 5.93. The lowest BCUT2D eigenvalue weighted by Gasteiger charge is -2.23. The second-order valence-electron chi connectivity index (χ2n) is 5.84. The van der Waals surface area contributed by atoms with E-state index >= 15 is 0 Å². The van der Waals surface area contributed by atoms with E-state index in [1.807, 2.05) is 10.6 Å². The smallest absolute Gasteiger partial charge is 0.261 e. The van der Waals surface area contributed by atoms with Crippen molar-refractivity contribution in [3.63, 3.8) is 0 Å². The van der Waals surface area contributed by atoms with E-state index in [0.29, 0.717) is 12.1 Å². The van der Waals surface area contributed by atoms with Gasteiger partial charge in [0, 0.05) is 12.3 Å². The van der Waals surface area contributed by atoms with Crippen molar-refractivity contribution in [3.05, 3.63) is 33.2 Å². The number of aryl methyl sites for hydroxylation is 1. The Morgan fingerprint density at radius 2 is 2.15 bits per heavy atom. The molecule has 0 amide bonds. The molecule has 4 heteroatoms. The number of rotatable bonds is 3. The number of pyridine rings is 1. The number of hydrogen-bond donors (Lipinski definition) is 0. The highest BCUT2D eigenvalue weighted by Crippen LogP contribution is 2.22. The van der Waals surface area contributed by atoms with Crippen molar-refractivity contribution in [2.24, 2.45) is 0 Å². The van der Waals surface area contributed by atoms with Gasteiger partial charge in [-0.15, -0.1) is 0 Å². The minimum absolute atomic E-state index is 0.126. The maximum atomic E-state index is 12.6. The SMILES string of the molecule is CC(=O)c1cc2c(n(CC3CCCO3)c1=O)CCCC2. The fourth-order valence-electron chi connectivity index (χ4n) is 3.32. The van der Waals surface area contributed by atoms with E-state index in [1.165, 1.54) is 12.5 Å². The molecule has 3 rings (SSSR count). The van der Waals surface area contributed by atoms with Gasteiger partial charge < -0.3 is 9.30 Å². The van der Waals surface area contributed by atoms with Gasteiger partial charge in [-0.05, 0) is 57.1 Å². The number of nitrogens with zero attached hydrogens (tertiary/aromatic N) is 1. The lowest BCUT2D eigenvalue weighted by atomic mass is 9.93. The first kappa shape index (κ1) is 13.6. The molecule has 1 aliphatic heterocycles. The van der Waals surface area contributed by atoms with Crippen molar-refractivity contribution >= 4 is 5.78 Å². The molecule has 1 aromatic rings. The van der Waals surface area contributed by atoms with Crippen LogP contribution < -0.4 is 5.56 Å². The van der Waals surface area contributed by atoms with Crippen LogP contribution in [0.5, 0.6) is 0 Å². The van der Waals surface area contributed by atoms with Crippen LogP contribution >= 0.6 is 0 Å². The third-order valence-electron chi connectivity index (χ3n) is 4.39. The summed E-state index contributed by atoms with van der Waals surface area (Å²) < 4.78 is 7.48. The van der Waals surface area contributed by atoms with E-state index < -0.39 is 0 Å². The van der Waals surface area contributed by atoms with Crippen LogP contribution in [0.25, 0.3) is 0 Å². The molecule has 0 spiro atoms. The van der Waals surface area contributed by atoms with Crippen LogP contribution in [0.15, 0.2) is 10.9 Å². The summed E-state index contributed by atoms with van der Waals surface area (Å²) in [6.07, 6.45) is 6.37. The predicted octanol–water partition coefficient (Wildman–Crippen LogP) is 2.11. The molecule has 0 N–H and O–H groups in total. The quantitative estimate of drug-likeness (QED) is 0.794. The molecule has 1 aliphatic carbocycles. The van der Waals surface area contributed by atoms with Crippen LogP contribution in [0, 0.1) is 0 Å². The zero-order valence-electron chi connectivity index (χ0n) is 12.0. The molecule has 0 bridgehead atoms. The largest absolute Gasteiger partial charge is 0.376 e. The molecule has 1 atom stereocenters. The summed E-state index contributed by atoms with van der Waals surface area (Å²) in [7, 11) is 0. The molecule has 20 heavy (non-hydrogen) atoms. The second-order valence-corrected chi connectivity index (χ2v) is 5.84. The van der Waals surface area contributed by atoms with Crippen LogP contribution in [-0.2, 0) is 24.1 Å². The Kier molecular flexibility index (Phi) is 3.74. The zero-order valence-corrected chi connectivity index (χ0v) is 12.0. The lowest BCUT2D eigenvalue weighted by molar-refractivity contribution is 0.0942. The fourth-order valence-corrected chi connectivity index (χ4v) is 3.32. The molecule has 1 aromatic heterocycles. The van der Waals surface area contributed by atoms with Gasteiger partial charge in [0.1, 0.15) is 0 Å². The molecule has 108 valence electrons. The van der Waals surface area contributed by atoms with Crippen molar-refractivity contribution in [3.8, 4) is 0 Å². The second kappa shape index (κ2) is 5.52. The summed E-state index contributed by atoms with van der Waals surface area (Å²) in [5, 5.41) is 0. The number of Topliss-reactive ketones (excluding diaryl/α,β-unsaturated/α-hetero) is 1. The summed E-state index contributed by atoms with van der Waals surface area (Å²) >= 11 is 0. The fraction of sp³-hybridized carbons (Fsp3) is 0.625. The third kappa shape index (κ3) is 2.44. The van der Waals surface area contributed by atoms with E-state index in [0.717, 1.165) is 50.8 Å². The summed E-state index contributed by atoms with van der Waals surface area (Å²) in [5.41, 5.74) is 2.51. The lowest BCUT2D eigenvalue weighted by Crippen LogP contribution is -2.34. The van der Waals surface area contributed by atoms with Gasteiger partial charge in [-0.25, -0.2) is 0 Å². The van der Waals surface area contributed by atoms with Crippen LogP contribution in [0.2, 0.25) is 0 Å². The molecule has 0 saturated carbocycles. The van der Waals surface area contributed by atoms with Crippen LogP contribution in [0.3, 0.4) is 0 Å². The Balaban J connectivity index is 2.06. The first-order valence-corrected chi connectivity index (χ1v) is 7.55. The van der Waals surface area contributed by atoms with Gasteiger partial charge in [0.15, 0.2) is 5.78 Å². The zero-order chi connectivity index (χ0) is 14.1. The maximum absolute atomic E-state index is 12.6. The number of aromatic nitrogens is 1. The molecule has 0 aromatic carbocycles. The summed E-state index contributed by atoms with van der Waals surface area (Å²) in [6.45, 7) is 2.86. The average Bonchev–Trinajstić information content (AvgIpc) is 2.94. The van der Waals surface area contributed by atoms with Crippen molar-refractivity contribution in [2.45, 2.75) is 58.1 Å². The van der Waals surface area contributed by atoms with Gasteiger partial charge in [-0.2, -0.15) is 0 Å². The molecule has 4 nitrogen and oxygen atoms in total. The predicted molar refractivity (Wildman–Crippen MR) is 76.3 cm³/mol. The number of carbonyl (C=O) groups is 1. The van der Waals surface area contributed by atoms with Crippen molar-refractivity contribution in [1.82, 2.24) is 4.57 Å². The number of carbonyl (C=O) groups excluding carboxylic acids is 1. The first-order chi connectivity index (χ1) is 9.66. The van der Waals surface area contributed by atoms with Gasteiger partial charge in [-0.1, -0.05) is 0 Å². The molecule has 1 unspecified atom stereocenters. The van der Waals surface area contributed by atoms with Gasteiger partial charge >= 0.3 is 0 Å². The molecular weight excluding hydrogens is 254 g/mol. The van der Waals surface area contributed by atoms with E-state index in [1.54, 1.807) is 0 Å². The van der Waals surface area contributed by atoms with Crippen molar-refractivity contribution < 1.29 is 9.53 Å². The van der Waals surface area contributed by atoms with E-state index in [4.69, 9.17) is 4.74 Å². The van der Waals surface area contributed by atoms with Crippen LogP contribution in [-0.4, -0.2) is 23.1 Å². The normalized spacial score (nSPS) is 21.8. The Morgan fingerprint density at radius 3 is 2.85 bits per heavy atom. The molecule has 2 aliphatic rings. The number of fused-ring (bicyclic) bond motifs is 1. The number of ether oxygens (including phenoxy) is 1. The topological polar surface area (TPSA) is 48.3 Å². The van der Waals surface area contributed by atoms with Gasteiger partial charge in [-0.3, -0.25) is 9.59 Å². The third-order valence-corrected chi connectivity index (χ3v) is 4.39. The summed E-state index contributed by atoms with van der Waals surface area (Å²) in [4.78, 5) is 24.3. The standard InChI is InChI=1S/C16H21NO3/c1-11(18)14-9-12-5-2-3-7-15(12)17(16(14)19)10-13-6-4-8-20-13/h9,13H,2-8,10H2,1H3. The highest BCUT2D eigenvalue weighted by atomic mass is 16.5. The first-order valence-electron chi connectivity index (χ1n) is 7.55. The molecule has 1 fully saturated rings. The Bertz CT molecular complexity index is 582. The van der Waals surface area contributed by atoms with Crippen molar-refractivity contribution in [1.29, 1.82) is 0 Å². The Labute approximate surface area is 118 Å². The molecule has 0 radical (unpaired) electrons. The van der Waals surface area contributed by atoms with Crippen molar-refractivity contribution in [2.75, 3.05) is 6.61 Å².